The van der Waals surface area contributed by atoms with Crippen LogP contribution >= 0.6 is 11.6 Å². The molecule has 1 N–H and O–H groups in total. The molecule has 4 fully saturated rings. The standard InChI is InChI=1S/C21H24ClN3O2/c22-17-1-3-18(4-2-17)27-13-25-19(5-6-23-25)20(26)24-21-10-14-7-15(11-21)9-16(8-14)12-21/h1-6,14-16H,7-13H2,(H,24,26). The van der Waals surface area contributed by atoms with Gasteiger partial charge < -0.3 is 10.1 Å². The maximum atomic E-state index is 13.0. The van der Waals surface area contributed by atoms with Gasteiger partial charge in [0.05, 0.1) is 0 Å². The van der Waals surface area contributed by atoms with Gasteiger partial charge in [-0.25, -0.2) is 4.68 Å². The molecule has 27 heavy (non-hydrogen) atoms. The van der Waals surface area contributed by atoms with Crippen molar-refractivity contribution >= 4 is 17.5 Å². The van der Waals surface area contributed by atoms with Crippen LogP contribution in [0.3, 0.4) is 0 Å². The monoisotopic (exact) mass is 385 g/mol. The highest BCUT2D eigenvalue weighted by molar-refractivity contribution is 6.30. The summed E-state index contributed by atoms with van der Waals surface area (Å²) in [6.45, 7) is 0.193. The fourth-order valence-electron chi connectivity index (χ4n) is 5.86. The first-order chi connectivity index (χ1) is 13.1. The van der Waals surface area contributed by atoms with Crippen molar-refractivity contribution in [2.45, 2.75) is 50.8 Å². The lowest BCUT2D eigenvalue weighted by Crippen LogP contribution is -2.60. The molecule has 0 saturated heterocycles. The summed E-state index contributed by atoms with van der Waals surface area (Å²) in [5, 5.41) is 8.33. The normalized spacial score (nSPS) is 31.1. The van der Waals surface area contributed by atoms with Gasteiger partial charge in [-0.2, -0.15) is 5.10 Å². The summed E-state index contributed by atoms with van der Waals surface area (Å²) in [5.41, 5.74) is 0.553. The molecule has 0 aliphatic heterocycles. The van der Waals surface area contributed by atoms with E-state index < -0.39 is 0 Å². The minimum absolute atomic E-state index is 0.00201. The molecule has 4 saturated carbocycles. The van der Waals surface area contributed by atoms with Gasteiger partial charge in [0.2, 0.25) is 0 Å². The first-order valence-electron chi connectivity index (χ1n) is 9.81. The molecule has 6 heteroatoms. The van der Waals surface area contributed by atoms with E-state index in [-0.39, 0.29) is 18.2 Å². The van der Waals surface area contributed by atoms with Crippen LogP contribution in [0.4, 0.5) is 0 Å². The number of rotatable bonds is 5. The molecule has 1 amide bonds. The van der Waals surface area contributed by atoms with Gasteiger partial charge in [0, 0.05) is 16.8 Å². The average molecular weight is 386 g/mol. The van der Waals surface area contributed by atoms with Crippen LogP contribution in [-0.2, 0) is 6.73 Å². The van der Waals surface area contributed by atoms with E-state index in [0.29, 0.717) is 16.5 Å². The number of aromatic nitrogens is 2. The average Bonchev–Trinajstić information content (AvgIpc) is 3.08. The second kappa shape index (κ2) is 6.55. The summed E-state index contributed by atoms with van der Waals surface area (Å²) in [6, 6.07) is 8.93. The summed E-state index contributed by atoms with van der Waals surface area (Å²) in [5.74, 6) is 3.07. The van der Waals surface area contributed by atoms with Crippen LogP contribution in [0.1, 0.15) is 49.0 Å². The van der Waals surface area contributed by atoms with E-state index in [2.05, 4.69) is 10.4 Å². The molecule has 4 bridgehead atoms. The zero-order valence-electron chi connectivity index (χ0n) is 15.2. The first-order valence-corrected chi connectivity index (χ1v) is 10.2. The molecule has 4 aliphatic carbocycles. The zero-order chi connectivity index (χ0) is 18.4. The van der Waals surface area contributed by atoms with E-state index in [1.807, 2.05) is 0 Å². The third kappa shape index (κ3) is 3.33. The second-order valence-corrected chi connectivity index (χ2v) is 9.03. The van der Waals surface area contributed by atoms with Gasteiger partial charge in [0.25, 0.3) is 5.91 Å². The van der Waals surface area contributed by atoms with Crippen molar-refractivity contribution in [1.29, 1.82) is 0 Å². The van der Waals surface area contributed by atoms with Crippen molar-refractivity contribution in [3.63, 3.8) is 0 Å². The molecule has 4 aliphatic rings. The Kier molecular flexibility index (Phi) is 4.15. The molecule has 1 aromatic heterocycles. The van der Waals surface area contributed by atoms with E-state index in [1.54, 1.807) is 41.2 Å². The second-order valence-electron chi connectivity index (χ2n) is 8.60. The SMILES string of the molecule is O=C(NC12CC3CC(CC(C3)C1)C2)c1ccnn1COc1ccc(Cl)cc1. The molecule has 142 valence electrons. The quantitative estimate of drug-likeness (QED) is 0.836. The summed E-state index contributed by atoms with van der Waals surface area (Å²) in [4.78, 5) is 13.0. The molecule has 1 heterocycles. The van der Waals surface area contributed by atoms with Crippen molar-refractivity contribution in [1.82, 2.24) is 15.1 Å². The minimum atomic E-state index is -0.0332. The van der Waals surface area contributed by atoms with Crippen LogP contribution in [-0.4, -0.2) is 21.2 Å². The van der Waals surface area contributed by atoms with Crippen LogP contribution in [0, 0.1) is 17.8 Å². The Bertz CT molecular complexity index is 810. The van der Waals surface area contributed by atoms with Crippen molar-refractivity contribution in [3.05, 3.63) is 47.2 Å². The van der Waals surface area contributed by atoms with Crippen LogP contribution in [0.25, 0.3) is 0 Å². The molecule has 0 atom stereocenters. The maximum absolute atomic E-state index is 13.0. The van der Waals surface area contributed by atoms with E-state index >= 15 is 0 Å². The lowest BCUT2D eigenvalue weighted by molar-refractivity contribution is -0.0169. The van der Waals surface area contributed by atoms with E-state index in [0.717, 1.165) is 37.0 Å². The highest BCUT2D eigenvalue weighted by atomic mass is 35.5. The number of carbonyl (C=O) groups is 1. The Labute approximate surface area is 164 Å². The highest BCUT2D eigenvalue weighted by Gasteiger charge is 2.51. The zero-order valence-corrected chi connectivity index (χ0v) is 16.0. The van der Waals surface area contributed by atoms with Crippen molar-refractivity contribution in [2.24, 2.45) is 17.8 Å². The predicted octanol–water partition coefficient (Wildman–Crippen LogP) is 4.27. The topological polar surface area (TPSA) is 56.2 Å². The van der Waals surface area contributed by atoms with Crippen LogP contribution in [0.15, 0.2) is 36.5 Å². The van der Waals surface area contributed by atoms with Crippen LogP contribution in [0.5, 0.6) is 5.75 Å². The number of hydrogen-bond acceptors (Lipinski definition) is 3. The molecule has 0 spiro atoms. The number of halogens is 1. The molecule has 5 nitrogen and oxygen atoms in total. The molecule has 0 radical (unpaired) electrons. The molecule has 6 rings (SSSR count). The number of hydrogen-bond donors (Lipinski definition) is 1. The first kappa shape index (κ1) is 17.1. The summed E-state index contributed by atoms with van der Waals surface area (Å²) < 4.78 is 7.37. The molecule has 1 aromatic carbocycles. The number of ether oxygens (including phenoxy) is 1. The Morgan fingerprint density at radius 2 is 1.74 bits per heavy atom. The molecule has 2 aromatic rings. The van der Waals surface area contributed by atoms with E-state index in [4.69, 9.17) is 16.3 Å². The summed E-state index contributed by atoms with van der Waals surface area (Å²) >= 11 is 5.90. The van der Waals surface area contributed by atoms with Gasteiger partial charge in [0.1, 0.15) is 11.4 Å². The Balaban J connectivity index is 1.27. The third-order valence-electron chi connectivity index (χ3n) is 6.53. The largest absolute Gasteiger partial charge is 0.471 e. The lowest BCUT2D eigenvalue weighted by atomic mass is 9.53. The van der Waals surface area contributed by atoms with Crippen molar-refractivity contribution in [3.8, 4) is 5.75 Å². The molecular formula is C21H24ClN3O2. The third-order valence-corrected chi connectivity index (χ3v) is 6.79. The van der Waals surface area contributed by atoms with Crippen molar-refractivity contribution < 1.29 is 9.53 Å². The Morgan fingerprint density at radius 1 is 1.11 bits per heavy atom. The fraction of sp³-hybridized carbons (Fsp3) is 0.524. The van der Waals surface area contributed by atoms with Gasteiger partial charge >= 0.3 is 0 Å². The summed E-state index contributed by atoms with van der Waals surface area (Å²) in [7, 11) is 0. The lowest BCUT2D eigenvalue weighted by Gasteiger charge is -2.56. The van der Waals surface area contributed by atoms with Crippen LogP contribution < -0.4 is 10.1 Å². The fourth-order valence-corrected chi connectivity index (χ4v) is 5.99. The van der Waals surface area contributed by atoms with Gasteiger partial charge in [-0.15, -0.1) is 0 Å². The Morgan fingerprint density at radius 3 is 2.37 bits per heavy atom. The van der Waals surface area contributed by atoms with Gasteiger partial charge in [0.15, 0.2) is 6.73 Å². The summed E-state index contributed by atoms with van der Waals surface area (Å²) in [6.07, 6.45) is 9.16. The predicted molar refractivity (Wildman–Crippen MR) is 103 cm³/mol. The van der Waals surface area contributed by atoms with Gasteiger partial charge in [-0.1, -0.05) is 11.6 Å². The van der Waals surface area contributed by atoms with Crippen molar-refractivity contribution in [2.75, 3.05) is 0 Å². The van der Waals surface area contributed by atoms with Gasteiger partial charge in [-0.05, 0) is 86.6 Å². The molecule has 0 unspecified atom stereocenters. The molecular weight excluding hydrogens is 362 g/mol. The minimum Gasteiger partial charge on any atom is -0.471 e. The maximum Gasteiger partial charge on any atom is 0.270 e. The number of benzene rings is 1. The van der Waals surface area contributed by atoms with E-state index in [9.17, 15) is 4.79 Å². The highest BCUT2D eigenvalue weighted by Crippen LogP contribution is 2.55. The number of amides is 1. The number of carbonyl (C=O) groups excluding carboxylic acids is 1. The van der Waals surface area contributed by atoms with Crippen LogP contribution in [0.2, 0.25) is 5.02 Å². The smallest absolute Gasteiger partial charge is 0.270 e. The van der Waals surface area contributed by atoms with E-state index in [1.165, 1.54) is 19.3 Å². The van der Waals surface area contributed by atoms with Gasteiger partial charge in [-0.3, -0.25) is 4.79 Å². The Hall–Kier alpha value is -2.01. The number of nitrogens with one attached hydrogen (secondary N) is 1. The number of nitrogens with zero attached hydrogens (tertiary/aromatic N) is 2.